The Balaban J connectivity index is 1.47. The normalized spacial score (nSPS) is 12.0. The smallest absolute Gasteiger partial charge is 0.265 e. The van der Waals surface area contributed by atoms with Crippen LogP contribution in [0.5, 0.6) is 11.5 Å². The van der Waals surface area contributed by atoms with E-state index in [0.717, 1.165) is 5.56 Å². The van der Waals surface area contributed by atoms with Crippen molar-refractivity contribution in [2.24, 2.45) is 5.16 Å². The first-order valence-electron chi connectivity index (χ1n) is 7.82. The molecule has 3 rings (SSSR count). The summed E-state index contributed by atoms with van der Waals surface area (Å²) in [4.78, 5) is 27.9. The molecular formula is C18H17N3O5. The highest BCUT2D eigenvalue weighted by atomic mass is 16.7. The average molecular weight is 355 g/mol. The largest absolute Gasteiger partial charge is 0.454 e. The Bertz CT molecular complexity index is 850. The van der Waals surface area contributed by atoms with Crippen LogP contribution in [0.1, 0.15) is 12.5 Å². The first-order valence-corrected chi connectivity index (χ1v) is 7.82. The van der Waals surface area contributed by atoms with Crippen LogP contribution in [0, 0.1) is 0 Å². The summed E-state index contributed by atoms with van der Waals surface area (Å²) in [6.45, 7) is 1.37. The van der Waals surface area contributed by atoms with E-state index in [0.29, 0.717) is 22.9 Å². The maximum absolute atomic E-state index is 11.9. The molecule has 1 aliphatic rings. The van der Waals surface area contributed by atoms with Crippen molar-refractivity contribution < 1.29 is 23.9 Å². The van der Waals surface area contributed by atoms with Gasteiger partial charge in [0.05, 0.1) is 6.21 Å². The predicted molar refractivity (Wildman–Crippen MR) is 95.5 cm³/mol. The quantitative estimate of drug-likeness (QED) is 0.612. The fourth-order valence-electron chi connectivity index (χ4n) is 2.26. The van der Waals surface area contributed by atoms with Crippen molar-refractivity contribution in [1.82, 2.24) is 0 Å². The highest BCUT2D eigenvalue weighted by Crippen LogP contribution is 2.31. The van der Waals surface area contributed by atoms with Gasteiger partial charge in [0.2, 0.25) is 12.7 Å². The topological polar surface area (TPSA) is 98.3 Å². The number of benzene rings is 2. The van der Waals surface area contributed by atoms with Crippen molar-refractivity contribution in [3.8, 4) is 11.5 Å². The Morgan fingerprint density at radius 3 is 2.69 bits per heavy atom. The second kappa shape index (κ2) is 8.02. The number of hydrogen-bond acceptors (Lipinski definition) is 6. The summed E-state index contributed by atoms with van der Waals surface area (Å²) in [5, 5.41) is 9.07. The molecule has 0 radical (unpaired) electrons. The van der Waals surface area contributed by atoms with Gasteiger partial charge in [0.1, 0.15) is 0 Å². The van der Waals surface area contributed by atoms with E-state index in [4.69, 9.17) is 14.3 Å². The summed E-state index contributed by atoms with van der Waals surface area (Å²) in [5.74, 6) is 0.775. The molecule has 0 saturated heterocycles. The number of carbonyl (C=O) groups is 2. The zero-order valence-electron chi connectivity index (χ0n) is 14.0. The molecule has 2 aromatic rings. The molecule has 26 heavy (non-hydrogen) atoms. The molecule has 0 atom stereocenters. The number of hydrogen-bond donors (Lipinski definition) is 2. The maximum Gasteiger partial charge on any atom is 0.265 e. The number of rotatable bonds is 6. The Labute approximate surface area is 149 Å². The van der Waals surface area contributed by atoms with Gasteiger partial charge in [-0.1, -0.05) is 11.2 Å². The maximum atomic E-state index is 11.9. The second-order valence-electron chi connectivity index (χ2n) is 5.43. The minimum absolute atomic E-state index is 0.185. The van der Waals surface area contributed by atoms with E-state index in [1.165, 1.54) is 13.1 Å². The van der Waals surface area contributed by atoms with E-state index in [9.17, 15) is 9.59 Å². The van der Waals surface area contributed by atoms with Gasteiger partial charge in [0.15, 0.2) is 18.1 Å². The van der Waals surface area contributed by atoms with E-state index >= 15 is 0 Å². The van der Waals surface area contributed by atoms with Crippen LogP contribution in [-0.4, -0.2) is 31.4 Å². The second-order valence-corrected chi connectivity index (χ2v) is 5.43. The summed E-state index contributed by atoms with van der Waals surface area (Å²) < 4.78 is 10.5. The van der Waals surface area contributed by atoms with Crippen molar-refractivity contribution in [2.75, 3.05) is 24.0 Å². The molecule has 0 spiro atoms. The number of oxime groups is 1. The van der Waals surface area contributed by atoms with E-state index in [2.05, 4.69) is 15.8 Å². The van der Waals surface area contributed by atoms with Crippen molar-refractivity contribution in [1.29, 1.82) is 0 Å². The first kappa shape index (κ1) is 17.3. The molecule has 1 heterocycles. The van der Waals surface area contributed by atoms with Crippen LogP contribution >= 0.6 is 0 Å². The van der Waals surface area contributed by atoms with Gasteiger partial charge in [0.25, 0.3) is 5.91 Å². The fourth-order valence-corrected chi connectivity index (χ4v) is 2.26. The minimum Gasteiger partial charge on any atom is -0.454 e. The molecule has 0 saturated carbocycles. The Morgan fingerprint density at radius 2 is 1.88 bits per heavy atom. The zero-order valence-corrected chi connectivity index (χ0v) is 14.0. The number of anilines is 2. The summed E-state index contributed by atoms with van der Waals surface area (Å²) in [5.41, 5.74) is 1.90. The van der Waals surface area contributed by atoms with Crippen molar-refractivity contribution >= 4 is 29.4 Å². The van der Waals surface area contributed by atoms with Crippen molar-refractivity contribution in [2.45, 2.75) is 6.92 Å². The van der Waals surface area contributed by atoms with Crippen LogP contribution in [-0.2, 0) is 14.4 Å². The molecule has 134 valence electrons. The molecule has 0 fully saturated rings. The van der Waals surface area contributed by atoms with Crippen LogP contribution in [0.4, 0.5) is 11.4 Å². The van der Waals surface area contributed by atoms with E-state index in [1.54, 1.807) is 42.5 Å². The van der Waals surface area contributed by atoms with Gasteiger partial charge in [-0.15, -0.1) is 0 Å². The van der Waals surface area contributed by atoms with Crippen LogP contribution in [0.2, 0.25) is 0 Å². The Kier molecular flexibility index (Phi) is 5.33. The highest BCUT2D eigenvalue weighted by Gasteiger charge is 2.12. The van der Waals surface area contributed by atoms with Crippen molar-refractivity contribution in [3.05, 3.63) is 48.0 Å². The highest BCUT2D eigenvalue weighted by molar-refractivity contribution is 5.94. The minimum atomic E-state index is -0.368. The molecule has 8 nitrogen and oxygen atoms in total. The molecule has 1 aliphatic heterocycles. The molecule has 0 aromatic heterocycles. The van der Waals surface area contributed by atoms with Crippen LogP contribution in [0.3, 0.4) is 0 Å². The predicted octanol–water partition coefficient (Wildman–Crippen LogP) is 2.36. The Morgan fingerprint density at radius 1 is 1.12 bits per heavy atom. The monoisotopic (exact) mass is 355 g/mol. The number of nitrogens with one attached hydrogen (secondary N) is 2. The third-order valence-electron chi connectivity index (χ3n) is 3.34. The van der Waals surface area contributed by atoms with Gasteiger partial charge in [-0.3, -0.25) is 9.59 Å². The molecule has 8 heteroatoms. The summed E-state index contributed by atoms with van der Waals surface area (Å²) in [7, 11) is 0. The van der Waals surface area contributed by atoms with Crippen LogP contribution in [0.15, 0.2) is 47.6 Å². The lowest BCUT2D eigenvalue weighted by molar-refractivity contribution is -0.120. The first-order chi connectivity index (χ1) is 12.6. The molecule has 0 unspecified atom stereocenters. The van der Waals surface area contributed by atoms with Crippen LogP contribution in [0.25, 0.3) is 0 Å². The lowest BCUT2D eigenvalue weighted by Gasteiger charge is -2.07. The lowest BCUT2D eigenvalue weighted by atomic mass is 10.2. The van der Waals surface area contributed by atoms with Gasteiger partial charge in [-0.2, -0.15) is 0 Å². The Hall–Kier alpha value is -3.55. The fraction of sp³-hybridized carbons (Fsp3) is 0.167. The van der Waals surface area contributed by atoms with Crippen molar-refractivity contribution in [3.63, 3.8) is 0 Å². The lowest BCUT2D eigenvalue weighted by Crippen LogP contribution is -2.17. The summed E-state index contributed by atoms with van der Waals surface area (Å²) in [6.07, 6.45) is 1.48. The molecule has 2 amide bonds. The van der Waals surface area contributed by atoms with E-state index < -0.39 is 0 Å². The molecule has 2 N–H and O–H groups in total. The summed E-state index contributed by atoms with van der Waals surface area (Å²) in [6, 6.07) is 12.1. The molecule has 0 bridgehead atoms. The average Bonchev–Trinajstić information content (AvgIpc) is 3.06. The number of fused-ring (bicyclic) bond motifs is 1. The van der Waals surface area contributed by atoms with Crippen LogP contribution < -0.4 is 20.1 Å². The number of ether oxygens (including phenoxy) is 2. The number of amides is 2. The third kappa shape index (κ3) is 4.73. The van der Waals surface area contributed by atoms with E-state index in [1.807, 2.05) is 0 Å². The van der Waals surface area contributed by atoms with Gasteiger partial charge in [0, 0.05) is 23.9 Å². The van der Waals surface area contributed by atoms with E-state index in [-0.39, 0.29) is 25.2 Å². The van der Waals surface area contributed by atoms with Gasteiger partial charge < -0.3 is 24.9 Å². The molecule has 2 aromatic carbocycles. The molecular weight excluding hydrogens is 338 g/mol. The SMILES string of the molecule is CC(=O)Nc1cccc(NC(=O)CO/N=C/c2ccc3c(c2)OCO3)c1. The standard InChI is InChI=1S/C18H17N3O5/c1-12(22)20-14-3-2-4-15(8-14)21-18(23)10-26-19-9-13-5-6-16-17(7-13)25-11-24-16/h2-9H,10-11H2,1H3,(H,20,22)(H,21,23)/b19-9+. The van der Waals surface area contributed by atoms with Gasteiger partial charge >= 0.3 is 0 Å². The van der Waals surface area contributed by atoms with Gasteiger partial charge in [-0.05, 0) is 36.4 Å². The molecule has 0 aliphatic carbocycles. The number of carbonyl (C=O) groups excluding carboxylic acids is 2. The summed E-state index contributed by atoms with van der Waals surface area (Å²) >= 11 is 0. The third-order valence-corrected chi connectivity index (χ3v) is 3.34. The van der Waals surface area contributed by atoms with Gasteiger partial charge in [-0.25, -0.2) is 0 Å². The zero-order chi connectivity index (χ0) is 18.4. The number of nitrogens with zero attached hydrogens (tertiary/aromatic N) is 1.